The van der Waals surface area contributed by atoms with E-state index in [0.717, 1.165) is 66.8 Å². The maximum absolute atomic E-state index is 13.2. The second-order valence-corrected chi connectivity index (χ2v) is 14.5. The number of hydrogen-bond donors (Lipinski definition) is 2. The van der Waals surface area contributed by atoms with Crippen LogP contribution in [0.15, 0.2) is 81.8 Å². The largest absolute Gasteiger partial charge is 0.506 e. The molecule has 0 saturated carbocycles. The summed E-state index contributed by atoms with van der Waals surface area (Å²) in [5, 5.41) is 23.3. The summed E-state index contributed by atoms with van der Waals surface area (Å²) in [6.07, 6.45) is 2.92. The van der Waals surface area contributed by atoms with Gasteiger partial charge in [0, 0.05) is 23.6 Å². The number of benzene rings is 4. The quantitative estimate of drug-likeness (QED) is 0.0926. The summed E-state index contributed by atoms with van der Waals surface area (Å²) in [5.41, 5.74) is 12.7. The standard InChI is InChI=1S/C46H52N2O4/c1-25-13-26(2)20-37(19-25)43(47-23-39(35(11)49)45(51)41-31(7)15-29(5)16-32(41)8)44(38-21-27(3)14-28(4)22-38)48-24-40(36(12)50)46(52)42-33(9)17-30(6)18-34(42)10/h13-24,43-44,51-52H,1-12H3/b45-39-,46-40+,47-23?,48-24?/t43-,44-/m1/s1. The Labute approximate surface area is 309 Å². The number of carbonyl (C=O) groups excluding carboxylic acids is 2. The highest BCUT2D eigenvalue weighted by Crippen LogP contribution is 2.38. The molecule has 0 aliphatic rings. The summed E-state index contributed by atoms with van der Waals surface area (Å²) in [6, 6.07) is 18.9. The highest BCUT2D eigenvalue weighted by atomic mass is 16.3. The fourth-order valence-corrected chi connectivity index (χ4v) is 7.38. The first kappa shape index (κ1) is 39.4. The molecule has 0 amide bonds. The van der Waals surface area contributed by atoms with Crippen LogP contribution >= 0.6 is 0 Å². The van der Waals surface area contributed by atoms with E-state index in [-0.39, 0.29) is 34.2 Å². The molecule has 4 aromatic rings. The van der Waals surface area contributed by atoms with Crippen molar-refractivity contribution < 1.29 is 19.8 Å². The SMILES string of the molecule is CC(=O)/C(C=N[C@H](c1cc(C)cc(C)c1)[C@H](N=C/C(C(C)=O)=C(\O)c1c(C)cc(C)cc1C)c1cc(C)cc(C)c1)=C(\O)c1c(C)cc(C)cc1C. The fraction of sp³-hybridized carbons (Fsp3) is 0.304. The van der Waals surface area contributed by atoms with Crippen molar-refractivity contribution in [2.45, 2.75) is 95.2 Å². The van der Waals surface area contributed by atoms with Gasteiger partial charge in [0.2, 0.25) is 0 Å². The molecule has 270 valence electrons. The first-order valence-electron chi connectivity index (χ1n) is 17.6. The van der Waals surface area contributed by atoms with Gasteiger partial charge >= 0.3 is 0 Å². The van der Waals surface area contributed by atoms with E-state index < -0.39 is 12.1 Å². The summed E-state index contributed by atoms with van der Waals surface area (Å²) in [7, 11) is 0. The Morgan fingerprint density at radius 2 is 0.712 bits per heavy atom. The minimum Gasteiger partial charge on any atom is -0.506 e. The number of aliphatic hydroxyl groups excluding tert-OH is 2. The molecule has 4 aromatic carbocycles. The van der Waals surface area contributed by atoms with Crippen LogP contribution in [0.3, 0.4) is 0 Å². The van der Waals surface area contributed by atoms with Crippen LogP contribution in [-0.4, -0.2) is 34.2 Å². The minimum absolute atomic E-state index is 0.0832. The number of aryl methyl sites for hydroxylation is 10. The van der Waals surface area contributed by atoms with Crippen molar-refractivity contribution in [2.75, 3.05) is 0 Å². The topological polar surface area (TPSA) is 99.3 Å². The molecule has 2 N–H and O–H groups in total. The van der Waals surface area contributed by atoms with Crippen LogP contribution in [0.4, 0.5) is 0 Å². The first-order chi connectivity index (χ1) is 24.4. The molecule has 6 heteroatoms. The van der Waals surface area contributed by atoms with E-state index in [2.05, 4.69) is 12.1 Å². The van der Waals surface area contributed by atoms with Crippen molar-refractivity contribution in [3.63, 3.8) is 0 Å². The Hall–Kier alpha value is -5.36. The molecule has 0 radical (unpaired) electrons. The second-order valence-electron chi connectivity index (χ2n) is 14.5. The Balaban J connectivity index is 2.04. The Kier molecular flexibility index (Phi) is 12.4. The maximum Gasteiger partial charge on any atom is 0.165 e. The van der Waals surface area contributed by atoms with Crippen LogP contribution in [-0.2, 0) is 9.59 Å². The molecule has 0 bridgehead atoms. The van der Waals surface area contributed by atoms with Gasteiger partial charge in [0.1, 0.15) is 23.6 Å². The molecular formula is C46H52N2O4. The second kappa shape index (κ2) is 16.3. The summed E-state index contributed by atoms with van der Waals surface area (Å²) in [5.74, 6) is -0.927. The number of Topliss-reactive ketones (excluding diaryl/α,β-unsaturated/α-hetero) is 2. The number of nitrogens with zero attached hydrogens (tertiary/aromatic N) is 2. The lowest BCUT2D eigenvalue weighted by Gasteiger charge is -2.24. The third-order valence-electron chi connectivity index (χ3n) is 9.30. The Morgan fingerprint density at radius 1 is 0.462 bits per heavy atom. The molecule has 0 saturated heterocycles. The molecule has 0 spiro atoms. The van der Waals surface area contributed by atoms with Crippen LogP contribution in [0, 0.1) is 69.2 Å². The average molecular weight is 697 g/mol. The average Bonchev–Trinajstić information content (AvgIpc) is 2.99. The zero-order valence-electron chi connectivity index (χ0n) is 32.7. The van der Waals surface area contributed by atoms with Gasteiger partial charge < -0.3 is 10.2 Å². The number of aliphatic imine (C=N–C) groups is 2. The van der Waals surface area contributed by atoms with E-state index in [4.69, 9.17) is 9.98 Å². The van der Waals surface area contributed by atoms with Gasteiger partial charge in [-0.05, 0) is 116 Å². The van der Waals surface area contributed by atoms with E-state index in [9.17, 15) is 19.8 Å². The van der Waals surface area contributed by atoms with Crippen molar-refractivity contribution in [3.05, 3.63) is 150 Å². The molecular weight excluding hydrogens is 645 g/mol. The lowest BCUT2D eigenvalue weighted by molar-refractivity contribution is -0.114. The molecule has 52 heavy (non-hydrogen) atoms. The van der Waals surface area contributed by atoms with Gasteiger partial charge in [0.15, 0.2) is 11.6 Å². The van der Waals surface area contributed by atoms with Gasteiger partial charge in [-0.2, -0.15) is 0 Å². The van der Waals surface area contributed by atoms with Crippen molar-refractivity contribution in [1.29, 1.82) is 0 Å². The molecule has 0 fully saturated rings. The number of allylic oxidation sites excluding steroid dienone is 2. The van der Waals surface area contributed by atoms with Crippen LogP contribution in [0.5, 0.6) is 0 Å². The number of rotatable bonds is 11. The summed E-state index contributed by atoms with van der Waals surface area (Å²) in [6.45, 7) is 22.6. The predicted octanol–water partition coefficient (Wildman–Crippen LogP) is 10.8. The fourth-order valence-electron chi connectivity index (χ4n) is 7.38. The van der Waals surface area contributed by atoms with Crippen molar-refractivity contribution in [3.8, 4) is 0 Å². The smallest absolute Gasteiger partial charge is 0.165 e. The Bertz CT molecular complexity index is 1940. The third-order valence-corrected chi connectivity index (χ3v) is 9.30. The predicted molar refractivity (Wildman–Crippen MR) is 216 cm³/mol. The van der Waals surface area contributed by atoms with E-state index in [1.807, 2.05) is 118 Å². The summed E-state index contributed by atoms with van der Waals surface area (Å²) < 4.78 is 0. The van der Waals surface area contributed by atoms with E-state index in [0.29, 0.717) is 11.1 Å². The van der Waals surface area contributed by atoms with Gasteiger partial charge in [-0.25, -0.2) is 0 Å². The van der Waals surface area contributed by atoms with E-state index in [1.54, 1.807) is 0 Å². The van der Waals surface area contributed by atoms with Gasteiger partial charge in [-0.1, -0.05) is 94.0 Å². The van der Waals surface area contributed by atoms with Crippen LogP contribution in [0.2, 0.25) is 0 Å². The maximum atomic E-state index is 13.2. The van der Waals surface area contributed by atoms with Crippen LogP contribution in [0.1, 0.15) is 104 Å². The zero-order valence-corrected chi connectivity index (χ0v) is 32.7. The van der Waals surface area contributed by atoms with Crippen LogP contribution < -0.4 is 0 Å². The summed E-state index contributed by atoms with van der Waals surface area (Å²) >= 11 is 0. The lowest BCUT2D eigenvalue weighted by atomic mass is 9.90. The summed E-state index contributed by atoms with van der Waals surface area (Å²) in [4.78, 5) is 36.6. The number of carbonyl (C=O) groups is 2. The highest BCUT2D eigenvalue weighted by molar-refractivity contribution is 6.18. The molecule has 4 rings (SSSR count). The monoisotopic (exact) mass is 696 g/mol. The number of hydrogen-bond acceptors (Lipinski definition) is 6. The zero-order chi connectivity index (χ0) is 38.6. The number of ketones is 2. The van der Waals surface area contributed by atoms with E-state index >= 15 is 0 Å². The molecule has 0 heterocycles. The molecule has 2 atom stereocenters. The highest BCUT2D eigenvalue weighted by Gasteiger charge is 2.27. The van der Waals surface area contributed by atoms with Gasteiger partial charge in [-0.15, -0.1) is 0 Å². The van der Waals surface area contributed by atoms with Gasteiger partial charge in [-0.3, -0.25) is 19.6 Å². The lowest BCUT2D eigenvalue weighted by Crippen LogP contribution is -2.13. The van der Waals surface area contributed by atoms with Gasteiger partial charge in [0.05, 0.1) is 11.1 Å². The van der Waals surface area contributed by atoms with E-state index in [1.165, 1.54) is 26.3 Å². The normalized spacial score (nSPS) is 14.0. The first-order valence-corrected chi connectivity index (χ1v) is 17.6. The van der Waals surface area contributed by atoms with Crippen molar-refractivity contribution >= 4 is 35.5 Å². The molecule has 0 unspecified atom stereocenters. The molecule has 0 aromatic heterocycles. The van der Waals surface area contributed by atoms with Crippen molar-refractivity contribution in [2.24, 2.45) is 9.98 Å². The molecule has 0 aliphatic heterocycles. The minimum atomic E-state index is -0.684. The van der Waals surface area contributed by atoms with Crippen LogP contribution in [0.25, 0.3) is 11.5 Å². The molecule has 6 nitrogen and oxygen atoms in total. The third kappa shape index (κ3) is 9.10. The van der Waals surface area contributed by atoms with Crippen molar-refractivity contribution in [1.82, 2.24) is 0 Å². The number of aliphatic hydroxyl groups is 2. The Morgan fingerprint density at radius 3 is 0.962 bits per heavy atom. The van der Waals surface area contributed by atoms with Gasteiger partial charge in [0.25, 0.3) is 0 Å². The molecule has 0 aliphatic carbocycles.